The van der Waals surface area contributed by atoms with Gasteiger partial charge in [-0.05, 0) is 24.6 Å². The van der Waals surface area contributed by atoms with Crippen LogP contribution in [0.3, 0.4) is 0 Å². The molecule has 0 aliphatic carbocycles. The number of nitrogens with one attached hydrogen (secondary N) is 2. The van der Waals surface area contributed by atoms with Crippen molar-refractivity contribution in [2.45, 2.75) is 13.5 Å². The molecule has 0 saturated carbocycles. The highest BCUT2D eigenvalue weighted by Crippen LogP contribution is 2.05. The molecule has 2 aromatic heterocycles. The summed E-state index contributed by atoms with van der Waals surface area (Å²) in [6.45, 7) is 2.34. The van der Waals surface area contributed by atoms with Crippen molar-refractivity contribution < 1.29 is 4.79 Å². The van der Waals surface area contributed by atoms with Crippen LogP contribution >= 0.6 is 0 Å². The molecule has 0 aromatic carbocycles. The molecule has 4 nitrogen and oxygen atoms in total. The Bertz CT molecular complexity index is 476. The zero-order valence-electron chi connectivity index (χ0n) is 9.03. The van der Waals surface area contributed by atoms with Crippen LogP contribution in [0.15, 0.2) is 36.8 Å². The number of aromatic nitrogens is 2. The quantitative estimate of drug-likeness (QED) is 0.817. The van der Waals surface area contributed by atoms with E-state index in [9.17, 15) is 4.79 Å². The molecule has 2 rings (SSSR count). The molecular weight excluding hydrogens is 202 g/mol. The van der Waals surface area contributed by atoms with Gasteiger partial charge in [0, 0.05) is 18.6 Å². The highest BCUT2D eigenvalue weighted by molar-refractivity contribution is 5.95. The van der Waals surface area contributed by atoms with Crippen LogP contribution in [-0.4, -0.2) is 15.9 Å². The monoisotopic (exact) mass is 215 g/mol. The third-order valence-corrected chi connectivity index (χ3v) is 2.35. The first-order valence-corrected chi connectivity index (χ1v) is 5.09. The number of carbonyl (C=O) groups is 1. The van der Waals surface area contributed by atoms with Gasteiger partial charge in [0.25, 0.3) is 5.91 Å². The van der Waals surface area contributed by atoms with Gasteiger partial charge in [-0.1, -0.05) is 6.07 Å². The molecule has 0 fully saturated rings. The highest BCUT2D eigenvalue weighted by Gasteiger charge is 2.08. The first kappa shape index (κ1) is 10.4. The van der Waals surface area contributed by atoms with Gasteiger partial charge in [0.1, 0.15) is 0 Å². The average molecular weight is 215 g/mol. The van der Waals surface area contributed by atoms with E-state index < -0.39 is 0 Å². The number of carbonyl (C=O) groups excluding carboxylic acids is 1. The van der Waals surface area contributed by atoms with Crippen molar-refractivity contribution in [2.75, 3.05) is 0 Å². The number of hydrogen-bond donors (Lipinski definition) is 2. The topological polar surface area (TPSA) is 57.8 Å². The zero-order chi connectivity index (χ0) is 11.4. The number of H-pyrrole nitrogens is 1. The van der Waals surface area contributed by atoms with E-state index in [0.29, 0.717) is 12.1 Å². The molecule has 4 heteroatoms. The van der Waals surface area contributed by atoms with Crippen molar-refractivity contribution >= 4 is 5.91 Å². The number of pyridine rings is 1. The largest absolute Gasteiger partial charge is 0.367 e. The van der Waals surface area contributed by atoms with Crippen molar-refractivity contribution in [3.05, 3.63) is 53.6 Å². The van der Waals surface area contributed by atoms with Gasteiger partial charge in [-0.25, -0.2) is 0 Å². The maximum atomic E-state index is 11.7. The van der Waals surface area contributed by atoms with Crippen molar-refractivity contribution in [1.82, 2.24) is 15.3 Å². The molecule has 0 bridgehead atoms. The van der Waals surface area contributed by atoms with Crippen LogP contribution < -0.4 is 5.32 Å². The standard InChI is InChI=1S/C12H13N3O/c1-9-6-13-8-11(9)12(16)15-7-10-4-2-3-5-14-10/h2-6,8,13H,7H2,1H3,(H,15,16). The van der Waals surface area contributed by atoms with E-state index in [1.54, 1.807) is 18.6 Å². The second kappa shape index (κ2) is 4.61. The minimum atomic E-state index is -0.0793. The van der Waals surface area contributed by atoms with E-state index in [-0.39, 0.29) is 5.91 Å². The average Bonchev–Trinajstić information content (AvgIpc) is 2.74. The first-order valence-electron chi connectivity index (χ1n) is 5.09. The van der Waals surface area contributed by atoms with Crippen LogP contribution in [0.25, 0.3) is 0 Å². The molecular formula is C12H13N3O. The summed E-state index contributed by atoms with van der Waals surface area (Å²) in [6.07, 6.45) is 5.21. The van der Waals surface area contributed by atoms with Crippen LogP contribution in [0.5, 0.6) is 0 Å². The van der Waals surface area contributed by atoms with E-state index in [1.807, 2.05) is 25.1 Å². The first-order chi connectivity index (χ1) is 7.77. The maximum Gasteiger partial charge on any atom is 0.253 e. The lowest BCUT2D eigenvalue weighted by molar-refractivity contribution is 0.0950. The molecule has 0 unspecified atom stereocenters. The predicted molar refractivity (Wildman–Crippen MR) is 60.9 cm³/mol. The molecule has 82 valence electrons. The fourth-order valence-electron chi connectivity index (χ4n) is 1.45. The van der Waals surface area contributed by atoms with E-state index in [2.05, 4.69) is 15.3 Å². The Kier molecular flexibility index (Phi) is 3.00. The molecule has 0 radical (unpaired) electrons. The molecule has 0 atom stereocenters. The van der Waals surface area contributed by atoms with E-state index in [4.69, 9.17) is 0 Å². The summed E-state index contributed by atoms with van der Waals surface area (Å²) in [7, 11) is 0. The summed E-state index contributed by atoms with van der Waals surface area (Å²) in [5.41, 5.74) is 2.47. The molecule has 2 N–H and O–H groups in total. The fraction of sp³-hybridized carbons (Fsp3) is 0.167. The summed E-state index contributed by atoms with van der Waals surface area (Å²) >= 11 is 0. The SMILES string of the molecule is Cc1c[nH]cc1C(=O)NCc1ccccn1. The number of aromatic amines is 1. The number of hydrogen-bond acceptors (Lipinski definition) is 2. The van der Waals surface area contributed by atoms with Crippen molar-refractivity contribution in [3.63, 3.8) is 0 Å². The second-order valence-electron chi connectivity index (χ2n) is 3.56. The summed E-state index contributed by atoms with van der Waals surface area (Å²) in [6, 6.07) is 5.63. The van der Waals surface area contributed by atoms with Crippen LogP contribution in [-0.2, 0) is 6.54 Å². The Balaban J connectivity index is 1.97. The third-order valence-electron chi connectivity index (χ3n) is 2.35. The van der Waals surface area contributed by atoms with Crippen molar-refractivity contribution in [1.29, 1.82) is 0 Å². The third kappa shape index (κ3) is 2.28. The number of aryl methyl sites for hydroxylation is 1. The van der Waals surface area contributed by atoms with Crippen molar-refractivity contribution in [3.8, 4) is 0 Å². The minimum absolute atomic E-state index is 0.0793. The van der Waals surface area contributed by atoms with Crippen LogP contribution in [0, 0.1) is 6.92 Å². The normalized spacial score (nSPS) is 10.1. The smallest absolute Gasteiger partial charge is 0.253 e. The molecule has 1 amide bonds. The molecule has 2 heterocycles. The molecule has 0 saturated heterocycles. The lowest BCUT2D eigenvalue weighted by Crippen LogP contribution is -2.23. The lowest BCUT2D eigenvalue weighted by Gasteiger charge is -2.03. The fourth-order valence-corrected chi connectivity index (χ4v) is 1.45. The maximum absolute atomic E-state index is 11.7. The summed E-state index contributed by atoms with van der Waals surface area (Å²) < 4.78 is 0. The lowest BCUT2D eigenvalue weighted by atomic mass is 10.2. The summed E-state index contributed by atoms with van der Waals surface area (Å²) in [4.78, 5) is 18.8. The van der Waals surface area contributed by atoms with E-state index >= 15 is 0 Å². The van der Waals surface area contributed by atoms with Crippen molar-refractivity contribution in [2.24, 2.45) is 0 Å². The van der Waals surface area contributed by atoms with Gasteiger partial charge in [0.2, 0.25) is 0 Å². The molecule has 16 heavy (non-hydrogen) atoms. The van der Waals surface area contributed by atoms with Crippen LogP contribution in [0.2, 0.25) is 0 Å². The second-order valence-corrected chi connectivity index (χ2v) is 3.56. The molecule has 0 aliphatic rings. The van der Waals surface area contributed by atoms with Gasteiger partial charge in [-0.3, -0.25) is 9.78 Å². The molecule has 0 aliphatic heterocycles. The summed E-state index contributed by atoms with van der Waals surface area (Å²) in [5.74, 6) is -0.0793. The summed E-state index contributed by atoms with van der Waals surface area (Å²) in [5, 5.41) is 2.82. The Hall–Kier alpha value is -2.10. The Labute approximate surface area is 93.7 Å². The predicted octanol–water partition coefficient (Wildman–Crippen LogP) is 1.65. The van der Waals surface area contributed by atoms with E-state index in [0.717, 1.165) is 11.3 Å². The van der Waals surface area contributed by atoms with Crippen LogP contribution in [0.4, 0.5) is 0 Å². The van der Waals surface area contributed by atoms with Gasteiger partial charge in [-0.2, -0.15) is 0 Å². The minimum Gasteiger partial charge on any atom is -0.367 e. The molecule has 2 aromatic rings. The Morgan fingerprint density at radius 1 is 1.44 bits per heavy atom. The van der Waals surface area contributed by atoms with Gasteiger partial charge in [-0.15, -0.1) is 0 Å². The van der Waals surface area contributed by atoms with E-state index in [1.165, 1.54) is 0 Å². The van der Waals surface area contributed by atoms with Gasteiger partial charge in [0.05, 0.1) is 17.8 Å². The number of nitrogens with zero attached hydrogens (tertiary/aromatic N) is 1. The van der Waals surface area contributed by atoms with Gasteiger partial charge < -0.3 is 10.3 Å². The Morgan fingerprint density at radius 3 is 2.94 bits per heavy atom. The number of amides is 1. The van der Waals surface area contributed by atoms with Gasteiger partial charge >= 0.3 is 0 Å². The van der Waals surface area contributed by atoms with Gasteiger partial charge in [0.15, 0.2) is 0 Å². The number of rotatable bonds is 3. The Morgan fingerprint density at radius 2 is 2.31 bits per heavy atom. The van der Waals surface area contributed by atoms with Crippen LogP contribution in [0.1, 0.15) is 21.6 Å². The zero-order valence-corrected chi connectivity index (χ0v) is 9.03. The highest BCUT2D eigenvalue weighted by atomic mass is 16.1. The molecule has 0 spiro atoms.